The van der Waals surface area contributed by atoms with Crippen LogP contribution in [0.15, 0.2) is 72.8 Å². The average Bonchev–Trinajstić information content (AvgIpc) is 2.82. The van der Waals surface area contributed by atoms with E-state index in [0.29, 0.717) is 28.8 Å². The van der Waals surface area contributed by atoms with Crippen molar-refractivity contribution in [2.45, 2.75) is 12.1 Å². The van der Waals surface area contributed by atoms with Gasteiger partial charge in [0.15, 0.2) is 0 Å². The molecule has 0 radical (unpaired) electrons. The highest BCUT2D eigenvalue weighted by atomic mass is 35.5. The van der Waals surface area contributed by atoms with Crippen molar-refractivity contribution in [1.29, 1.82) is 0 Å². The molecule has 37 heavy (non-hydrogen) atoms. The Labute approximate surface area is 225 Å². The molecule has 1 aliphatic heterocycles. The van der Waals surface area contributed by atoms with Crippen LogP contribution < -0.4 is 9.62 Å². The van der Waals surface area contributed by atoms with E-state index in [9.17, 15) is 18.0 Å². The number of halogens is 2. The van der Waals surface area contributed by atoms with Gasteiger partial charge in [0.2, 0.25) is 10.0 Å². The molecule has 4 rings (SSSR count). The number of carboxylic acids is 1. The van der Waals surface area contributed by atoms with Gasteiger partial charge in [0.05, 0.1) is 24.0 Å². The van der Waals surface area contributed by atoms with Gasteiger partial charge >= 0.3 is 5.97 Å². The Kier molecular flexibility index (Phi) is 8.08. The zero-order chi connectivity index (χ0) is 26.7. The summed E-state index contributed by atoms with van der Waals surface area (Å²) in [6.07, 6.45) is 1.13. The van der Waals surface area contributed by atoms with Crippen LogP contribution in [0.4, 0.5) is 5.69 Å². The topological polar surface area (TPSA) is 107 Å². The van der Waals surface area contributed by atoms with Gasteiger partial charge in [-0.2, -0.15) is 0 Å². The van der Waals surface area contributed by atoms with Crippen molar-refractivity contribution in [2.75, 3.05) is 30.2 Å². The Morgan fingerprint density at radius 2 is 1.54 bits per heavy atom. The first-order valence-corrected chi connectivity index (χ1v) is 14.0. The van der Waals surface area contributed by atoms with Gasteiger partial charge in [0.25, 0.3) is 5.91 Å². The molecule has 0 aromatic heterocycles. The van der Waals surface area contributed by atoms with Crippen LogP contribution in [-0.4, -0.2) is 62.2 Å². The number of benzene rings is 3. The van der Waals surface area contributed by atoms with E-state index < -0.39 is 28.4 Å². The van der Waals surface area contributed by atoms with Crippen LogP contribution in [0, 0.1) is 0 Å². The third kappa shape index (κ3) is 6.42. The van der Waals surface area contributed by atoms with E-state index >= 15 is 0 Å². The SMILES string of the molecule is CS(=O)(=O)N(c1cccc(C(=O)NCC(=O)O)c1)C1CN(C(c2ccc(Cl)cc2)c2ccc(Cl)cc2)C1. The molecule has 0 bridgehead atoms. The summed E-state index contributed by atoms with van der Waals surface area (Å²) in [4.78, 5) is 25.3. The maximum atomic E-state index is 12.9. The number of nitrogens with one attached hydrogen (secondary N) is 1. The molecule has 0 unspecified atom stereocenters. The summed E-state index contributed by atoms with van der Waals surface area (Å²) in [5.41, 5.74) is 2.52. The molecule has 0 atom stereocenters. The highest BCUT2D eigenvalue weighted by Gasteiger charge is 2.40. The minimum atomic E-state index is -3.69. The first-order chi connectivity index (χ1) is 17.5. The van der Waals surface area contributed by atoms with Gasteiger partial charge in [0.1, 0.15) is 6.54 Å². The van der Waals surface area contributed by atoms with Gasteiger partial charge in [-0.05, 0) is 53.6 Å². The monoisotopic (exact) mass is 561 g/mol. The Morgan fingerprint density at radius 3 is 2.03 bits per heavy atom. The number of rotatable bonds is 9. The highest BCUT2D eigenvalue weighted by Crippen LogP contribution is 2.36. The van der Waals surface area contributed by atoms with Gasteiger partial charge in [-0.1, -0.05) is 53.5 Å². The predicted molar refractivity (Wildman–Crippen MR) is 144 cm³/mol. The molecule has 0 saturated carbocycles. The number of hydrogen-bond donors (Lipinski definition) is 2. The highest BCUT2D eigenvalue weighted by molar-refractivity contribution is 7.92. The second-order valence-electron chi connectivity index (χ2n) is 8.80. The van der Waals surface area contributed by atoms with Gasteiger partial charge in [-0.25, -0.2) is 8.42 Å². The number of likely N-dealkylation sites (tertiary alicyclic amines) is 1. The number of carbonyl (C=O) groups is 2. The molecule has 1 saturated heterocycles. The summed E-state index contributed by atoms with van der Waals surface area (Å²) in [5, 5.41) is 12.3. The Bertz CT molecular complexity index is 1350. The first kappa shape index (κ1) is 26.9. The molecule has 1 heterocycles. The lowest BCUT2D eigenvalue weighted by atomic mass is 9.93. The number of aliphatic carboxylic acids is 1. The second-order valence-corrected chi connectivity index (χ2v) is 11.5. The number of anilines is 1. The fourth-order valence-electron chi connectivity index (χ4n) is 4.47. The van der Waals surface area contributed by atoms with E-state index in [1.807, 2.05) is 48.5 Å². The fraction of sp³-hybridized carbons (Fsp3) is 0.231. The Balaban J connectivity index is 1.59. The third-order valence-electron chi connectivity index (χ3n) is 6.08. The number of carbonyl (C=O) groups excluding carboxylic acids is 1. The molecule has 3 aromatic carbocycles. The lowest BCUT2D eigenvalue weighted by molar-refractivity contribution is -0.135. The quantitative estimate of drug-likeness (QED) is 0.408. The standard InChI is InChI=1S/C26H25Cl2N3O5S/c1-37(35,36)31(22-4-2-3-19(13-22)26(34)29-14-24(32)33)23-15-30(16-23)25(17-5-9-20(27)10-6-17)18-7-11-21(28)12-8-18/h2-13,23,25H,14-16H2,1H3,(H,29,34)(H,32,33). The van der Waals surface area contributed by atoms with Crippen LogP contribution in [0.3, 0.4) is 0 Å². The maximum Gasteiger partial charge on any atom is 0.322 e. The van der Waals surface area contributed by atoms with Crippen LogP contribution in [-0.2, 0) is 14.8 Å². The summed E-state index contributed by atoms with van der Waals surface area (Å²) in [7, 11) is -3.69. The van der Waals surface area contributed by atoms with Crippen LogP contribution in [0.5, 0.6) is 0 Å². The number of sulfonamides is 1. The largest absolute Gasteiger partial charge is 0.480 e. The van der Waals surface area contributed by atoms with Crippen molar-refractivity contribution >= 4 is 50.8 Å². The lowest BCUT2D eigenvalue weighted by Gasteiger charge is -2.48. The number of hydrogen-bond acceptors (Lipinski definition) is 5. The van der Waals surface area contributed by atoms with Gasteiger partial charge in [0, 0.05) is 28.7 Å². The van der Waals surface area contributed by atoms with Crippen molar-refractivity contribution < 1.29 is 23.1 Å². The van der Waals surface area contributed by atoms with E-state index in [1.165, 1.54) is 16.4 Å². The molecule has 11 heteroatoms. The summed E-state index contributed by atoms with van der Waals surface area (Å²) in [6, 6.07) is 20.7. The molecular weight excluding hydrogens is 537 g/mol. The molecule has 194 valence electrons. The van der Waals surface area contributed by atoms with Gasteiger partial charge in [-0.15, -0.1) is 0 Å². The number of nitrogens with zero attached hydrogens (tertiary/aromatic N) is 2. The Morgan fingerprint density at radius 1 is 1.00 bits per heavy atom. The summed E-state index contributed by atoms with van der Waals surface area (Å²) < 4.78 is 27.0. The summed E-state index contributed by atoms with van der Waals surface area (Å²) in [5.74, 6) is -1.77. The van der Waals surface area contributed by atoms with E-state index in [2.05, 4.69) is 10.2 Å². The predicted octanol–water partition coefficient (Wildman–Crippen LogP) is 4.05. The van der Waals surface area contributed by atoms with Crippen LogP contribution >= 0.6 is 23.2 Å². The van der Waals surface area contributed by atoms with E-state index in [4.69, 9.17) is 28.3 Å². The molecule has 1 amide bonds. The fourth-order valence-corrected chi connectivity index (χ4v) is 5.89. The first-order valence-electron chi connectivity index (χ1n) is 11.4. The van der Waals surface area contributed by atoms with Crippen molar-refractivity contribution in [3.05, 3.63) is 99.5 Å². The van der Waals surface area contributed by atoms with E-state index in [-0.39, 0.29) is 17.6 Å². The molecule has 3 aromatic rings. The van der Waals surface area contributed by atoms with Crippen molar-refractivity contribution in [3.8, 4) is 0 Å². The van der Waals surface area contributed by atoms with Crippen molar-refractivity contribution in [3.63, 3.8) is 0 Å². The maximum absolute atomic E-state index is 12.9. The van der Waals surface area contributed by atoms with Gasteiger partial charge in [-0.3, -0.25) is 18.8 Å². The van der Waals surface area contributed by atoms with E-state index in [0.717, 1.165) is 17.4 Å². The van der Waals surface area contributed by atoms with Gasteiger partial charge < -0.3 is 10.4 Å². The van der Waals surface area contributed by atoms with E-state index in [1.54, 1.807) is 12.1 Å². The summed E-state index contributed by atoms with van der Waals surface area (Å²) in [6.45, 7) is 0.351. The second kappa shape index (κ2) is 11.1. The normalized spacial score (nSPS) is 14.3. The average molecular weight is 562 g/mol. The van der Waals surface area contributed by atoms with Crippen molar-refractivity contribution in [2.24, 2.45) is 0 Å². The molecule has 0 spiro atoms. The smallest absolute Gasteiger partial charge is 0.322 e. The minimum Gasteiger partial charge on any atom is -0.480 e. The van der Waals surface area contributed by atoms with Crippen LogP contribution in [0.1, 0.15) is 27.5 Å². The summed E-state index contributed by atoms with van der Waals surface area (Å²) >= 11 is 12.2. The number of amides is 1. The minimum absolute atomic E-state index is 0.139. The lowest BCUT2D eigenvalue weighted by Crippen LogP contribution is -2.61. The molecule has 1 fully saturated rings. The van der Waals surface area contributed by atoms with Crippen LogP contribution in [0.25, 0.3) is 0 Å². The number of carboxylic acid groups (broad SMARTS) is 1. The van der Waals surface area contributed by atoms with Crippen molar-refractivity contribution in [1.82, 2.24) is 10.2 Å². The molecule has 0 aliphatic carbocycles. The molecule has 1 aliphatic rings. The molecular formula is C26H25Cl2N3O5S. The zero-order valence-electron chi connectivity index (χ0n) is 19.8. The molecule has 2 N–H and O–H groups in total. The Hall–Kier alpha value is -3.11. The van der Waals surface area contributed by atoms with Crippen LogP contribution in [0.2, 0.25) is 10.0 Å². The molecule has 8 nitrogen and oxygen atoms in total. The third-order valence-corrected chi connectivity index (χ3v) is 7.81. The zero-order valence-corrected chi connectivity index (χ0v) is 22.2.